The summed E-state index contributed by atoms with van der Waals surface area (Å²) in [5.74, 6) is -0.196. The van der Waals surface area contributed by atoms with E-state index in [1.54, 1.807) is 0 Å². The third-order valence-corrected chi connectivity index (χ3v) is 9.89. The van der Waals surface area contributed by atoms with E-state index in [4.69, 9.17) is 0 Å². The summed E-state index contributed by atoms with van der Waals surface area (Å²) in [6.45, 7) is 3.43. The normalized spacial score (nSPS) is 20.0. The first-order chi connectivity index (χ1) is 15.3. The van der Waals surface area contributed by atoms with E-state index in [-0.39, 0.29) is 5.78 Å². The monoisotopic (exact) mass is 432 g/mol. The Labute approximate surface area is 184 Å². The average molecular weight is 433 g/mol. The third-order valence-electron chi connectivity index (χ3n) is 6.38. The fourth-order valence-corrected chi connectivity index (χ4v) is 8.66. The number of likely N-dealkylation sites (tertiary alicyclic amines) is 1. The van der Waals surface area contributed by atoms with Gasteiger partial charge in [0.05, 0.1) is 0 Å². The van der Waals surface area contributed by atoms with E-state index >= 15 is 4.57 Å². The highest BCUT2D eigenvalue weighted by atomic mass is 31.2. The molecule has 1 atom stereocenters. The van der Waals surface area contributed by atoms with Crippen LogP contribution in [0.1, 0.15) is 30.6 Å². The number of hydrogen-bond donors (Lipinski definition) is 0. The van der Waals surface area contributed by atoms with Crippen molar-refractivity contribution in [3.05, 3.63) is 90.8 Å². The SMILES string of the molecule is O=P1(C(c2ccncc2)N2CCCCC2)N(c2ccccc2)CCN1c1ccccc1. The van der Waals surface area contributed by atoms with Gasteiger partial charge >= 0.3 is 0 Å². The molecule has 160 valence electrons. The molecule has 1 aromatic heterocycles. The van der Waals surface area contributed by atoms with Crippen molar-refractivity contribution in [1.29, 1.82) is 0 Å². The minimum absolute atomic E-state index is 0.196. The third kappa shape index (κ3) is 3.77. The predicted octanol–water partition coefficient (Wildman–Crippen LogP) is 5.79. The van der Waals surface area contributed by atoms with Crippen molar-refractivity contribution < 1.29 is 4.57 Å². The Morgan fingerprint density at radius 2 is 1.19 bits per heavy atom. The minimum Gasteiger partial charge on any atom is -0.304 e. The van der Waals surface area contributed by atoms with Crippen LogP contribution in [0.2, 0.25) is 0 Å². The molecule has 5 nitrogen and oxygen atoms in total. The van der Waals surface area contributed by atoms with Gasteiger partial charge in [0.15, 0.2) is 0 Å². The summed E-state index contributed by atoms with van der Waals surface area (Å²) >= 11 is 0. The smallest absolute Gasteiger partial charge is 0.284 e. The summed E-state index contributed by atoms with van der Waals surface area (Å²) in [7, 11) is -3.07. The lowest BCUT2D eigenvalue weighted by Crippen LogP contribution is -2.38. The molecular formula is C25H29N4OP. The summed E-state index contributed by atoms with van der Waals surface area (Å²) in [5, 5.41) is 0. The van der Waals surface area contributed by atoms with E-state index in [1.807, 2.05) is 60.9 Å². The van der Waals surface area contributed by atoms with Crippen molar-refractivity contribution >= 4 is 18.8 Å². The number of benzene rings is 2. The zero-order valence-corrected chi connectivity index (χ0v) is 18.6. The Morgan fingerprint density at radius 1 is 0.677 bits per heavy atom. The quantitative estimate of drug-likeness (QED) is 0.478. The zero-order valence-electron chi connectivity index (χ0n) is 17.8. The lowest BCUT2D eigenvalue weighted by molar-refractivity contribution is 0.206. The van der Waals surface area contributed by atoms with Gasteiger partial charge in [-0.2, -0.15) is 0 Å². The molecule has 2 aliphatic rings. The highest BCUT2D eigenvalue weighted by molar-refractivity contribution is 7.67. The Morgan fingerprint density at radius 3 is 1.71 bits per heavy atom. The van der Waals surface area contributed by atoms with E-state index in [0.717, 1.165) is 56.0 Å². The number of nitrogens with zero attached hydrogens (tertiary/aromatic N) is 4. The number of piperidine rings is 1. The van der Waals surface area contributed by atoms with Crippen molar-refractivity contribution in [3.63, 3.8) is 0 Å². The maximum atomic E-state index is 15.5. The van der Waals surface area contributed by atoms with Gasteiger partial charge in [0.2, 0.25) is 0 Å². The van der Waals surface area contributed by atoms with Gasteiger partial charge in [0.1, 0.15) is 5.78 Å². The molecular weight excluding hydrogens is 403 g/mol. The first kappa shape index (κ1) is 20.3. The van der Waals surface area contributed by atoms with Crippen molar-refractivity contribution in [2.75, 3.05) is 35.5 Å². The van der Waals surface area contributed by atoms with Gasteiger partial charge in [0, 0.05) is 36.9 Å². The van der Waals surface area contributed by atoms with Crippen LogP contribution in [0.15, 0.2) is 85.2 Å². The standard InChI is InChI=1S/C25H29N4OP/c30-31(25(22-14-16-26-17-15-22)27-18-8-3-9-19-27)28(23-10-4-1-5-11-23)20-21-29(31)24-12-6-2-7-13-24/h1-2,4-7,10-17,25H,3,8-9,18-21H2. The van der Waals surface area contributed by atoms with Gasteiger partial charge in [-0.15, -0.1) is 0 Å². The summed E-state index contributed by atoms with van der Waals surface area (Å²) in [4.78, 5) is 6.70. The summed E-state index contributed by atoms with van der Waals surface area (Å²) < 4.78 is 19.8. The van der Waals surface area contributed by atoms with Gasteiger partial charge < -0.3 is 9.34 Å². The van der Waals surface area contributed by atoms with E-state index in [0.29, 0.717) is 0 Å². The molecule has 5 rings (SSSR count). The van der Waals surface area contributed by atoms with Crippen LogP contribution in [0, 0.1) is 0 Å². The molecule has 0 aliphatic carbocycles. The molecule has 31 heavy (non-hydrogen) atoms. The van der Waals surface area contributed by atoms with E-state index < -0.39 is 7.44 Å². The molecule has 3 heterocycles. The molecule has 2 aliphatic heterocycles. The second-order valence-electron chi connectivity index (χ2n) is 8.26. The zero-order chi connectivity index (χ0) is 21.1. The Kier molecular flexibility index (Phi) is 5.80. The summed E-state index contributed by atoms with van der Waals surface area (Å²) in [6.07, 6.45) is 7.20. The van der Waals surface area contributed by atoms with Gasteiger partial charge in [-0.05, 0) is 67.9 Å². The Balaban J connectivity index is 1.68. The number of rotatable bonds is 5. The van der Waals surface area contributed by atoms with Gasteiger partial charge in [-0.3, -0.25) is 14.4 Å². The van der Waals surface area contributed by atoms with Gasteiger partial charge in [-0.1, -0.05) is 42.8 Å². The fraction of sp³-hybridized carbons (Fsp3) is 0.320. The van der Waals surface area contributed by atoms with Crippen molar-refractivity contribution in [2.45, 2.75) is 25.0 Å². The van der Waals surface area contributed by atoms with Crippen LogP contribution in [0.25, 0.3) is 0 Å². The number of aromatic nitrogens is 1. The lowest BCUT2D eigenvalue weighted by atomic mass is 10.1. The van der Waals surface area contributed by atoms with E-state index in [2.05, 4.69) is 43.5 Å². The second kappa shape index (κ2) is 8.86. The van der Waals surface area contributed by atoms with Crippen LogP contribution in [-0.2, 0) is 4.57 Å². The summed E-state index contributed by atoms with van der Waals surface area (Å²) in [6, 6.07) is 24.6. The van der Waals surface area contributed by atoms with Crippen molar-refractivity contribution in [3.8, 4) is 0 Å². The van der Waals surface area contributed by atoms with E-state index in [1.165, 1.54) is 6.42 Å². The van der Waals surface area contributed by atoms with Gasteiger partial charge in [0.25, 0.3) is 7.44 Å². The molecule has 0 saturated carbocycles. The number of anilines is 2. The Hall–Kier alpha value is -2.62. The molecule has 2 fully saturated rings. The maximum Gasteiger partial charge on any atom is 0.284 e. The molecule has 0 amide bonds. The van der Waals surface area contributed by atoms with Crippen LogP contribution >= 0.6 is 7.44 Å². The number of pyridine rings is 1. The van der Waals surface area contributed by atoms with Crippen LogP contribution in [0.5, 0.6) is 0 Å². The van der Waals surface area contributed by atoms with Crippen molar-refractivity contribution in [2.24, 2.45) is 0 Å². The largest absolute Gasteiger partial charge is 0.304 e. The molecule has 0 N–H and O–H groups in total. The Bertz CT molecular complexity index is 974. The molecule has 2 aromatic carbocycles. The second-order valence-corrected chi connectivity index (χ2v) is 10.9. The van der Waals surface area contributed by atoms with E-state index in [9.17, 15) is 0 Å². The van der Waals surface area contributed by atoms with Gasteiger partial charge in [-0.25, -0.2) is 0 Å². The van der Waals surface area contributed by atoms with Crippen LogP contribution in [0.3, 0.4) is 0 Å². The molecule has 0 radical (unpaired) electrons. The molecule has 1 unspecified atom stereocenters. The van der Waals surface area contributed by atoms with Crippen molar-refractivity contribution in [1.82, 2.24) is 9.88 Å². The first-order valence-corrected chi connectivity index (χ1v) is 12.9. The first-order valence-electron chi connectivity index (χ1n) is 11.2. The molecule has 0 spiro atoms. The molecule has 2 saturated heterocycles. The van der Waals surface area contributed by atoms with Crippen LogP contribution in [0.4, 0.5) is 11.4 Å². The highest BCUT2D eigenvalue weighted by Gasteiger charge is 2.52. The number of hydrogen-bond acceptors (Lipinski definition) is 3. The lowest BCUT2D eigenvalue weighted by Gasteiger charge is -2.44. The molecule has 6 heteroatoms. The predicted molar refractivity (Wildman–Crippen MR) is 128 cm³/mol. The summed E-state index contributed by atoms with van der Waals surface area (Å²) in [5.41, 5.74) is 3.14. The highest BCUT2D eigenvalue weighted by Crippen LogP contribution is 2.69. The average Bonchev–Trinajstić information content (AvgIpc) is 3.19. The topological polar surface area (TPSA) is 39.7 Å². The number of para-hydroxylation sites is 2. The molecule has 3 aromatic rings. The maximum absolute atomic E-state index is 15.5. The fourth-order valence-electron chi connectivity index (χ4n) is 4.98. The minimum atomic E-state index is -3.07. The van der Waals surface area contributed by atoms with Crippen LogP contribution < -0.4 is 9.34 Å². The van der Waals surface area contributed by atoms with Crippen LogP contribution in [-0.4, -0.2) is 36.1 Å². The molecule has 0 bridgehead atoms.